The molecular weight excluding hydrogens is 458 g/mol. The third kappa shape index (κ3) is 7.31. The highest BCUT2D eigenvalue weighted by Crippen LogP contribution is 2.32. The molecule has 1 unspecified atom stereocenters. The summed E-state index contributed by atoms with van der Waals surface area (Å²) in [5.74, 6) is -1.17. The van der Waals surface area contributed by atoms with E-state index in [4.69, 9.17) is 4.74 Å². The lowest BCUT2D eigenvalue weighted by Gasteiger charge is -2.32. The number of nitrogens with one attached hydrogen (secondary N) is 1. The maximum Gasteiger partial charge on any atom is 0.338 e. The first kappa shape index (κ1) is 25.2. The van der Waals surface area contributed by atoms with Gasteiger partial charge in [0.15, 0.2) is 6.61 Å². The largest absolute Gasteiger partial charge is 0.452 e. The third-order valence-electron chi connectivity index (χ3n) is 5.36. The van der Waals surface area contributed by atoms with Crippen LogP contribution in [0, 0.1) is 16.0 Å². The summed E-state index contributed by atoms with van der Waals surface area (Å²) >= 11 is 1.49. The van der Waals surface area contributed by atoms with E-state index in [0.29, 0.717) is 30.4 Å². The number of amides is 2. The van der Waals surface area contributed by atoms with Crippen LogP contribution >= 0.6 is 11.8 Å². The molecule has 0 aromatic heterocycles. The summed E-state index contributed by atoms with van der Waals surface area (Å²) in [6, 6.07) is 13.7. The van der Waals surface area contributed by atoms with Crippen molar-refractivity contribution in [3.05, 3.63) is 64.2 Å². The number of nitro benzene ring substituents is 1. The second kappa shape index (κ2) is 12.2. The molecule has 0 spiro atoms. The highest BCUT2D eigenvalue weighted by molar-refractivity contribution is 7.99. The zero-order chi connectivity index (χ0) is 24.5. The molecule has 34 heavy (non-hydrogen) atoms. The van der Waals surface area contributed by atoms with Crippen LogP contribution in [0.1, 0.15) is 36.5 Å². The highest BCUT2D eigenvalue weighted by atomic mass is 32.2. The number of thioether (sulfide) groups is 1. The summed E-state index contributed by atoms with van der Waals surface area (Å²) < 4.78 is 4.96. The van der Waals surface area contributed by atoms with Crippen molar-refractivity contribution in [2.24, 2.45) is 5.92 Å². The third-order valence-corrected chi connectivity index (χ3v) is 6.37. The van der Waals surface area contributed by atoms with Crippen LogP contribution < -0.4 is 10.2 Å². The lowest BCUT2D eigenvalue weighted by Crippen LogP contribution is -2.35. The number of hydrogen-bond acceptors (Lipinski definition) is 8. The topological polar surface area (TPSA) is 119 Å². The molecule has 2 amide bonds. The molecule has 0 bridgehead atoms. The fourth-order valence-corrected chi connectivity index (χ4v) is 4.59. The summed E-state index contributed by atoms with van der Waals surface area (Å²) in [5.41, 5.74) is 0.253. The van der Waals surface area contributed by atoms with Crippen molar-refractivity contribution in [1.82, 2.24) is 5.32 Å². The van der Waals surface area contributed by atoms with Gasteiger partial charge in [-0.05, 0) is 43.0 Å². The molecule has 1 aliphatic heterocycles. The highest BCUT2D eigenvalue weighted by Gasteiger charge is 2.25. The van der Waals surface area contributed by atoms with Crippen molar-refractivity contribution < 1.29 is 24.0 Å². The molecule has 1 N–H and O–H groups in total. The van der Waals surface area contributed by atoms with Crippen molar-refractivity contribution in [2.75, 3.05) is 30.3 Å². The molecule has 2 aromatic rings. The number of nitro groups is 1. The number of nitrogens with zero attached hydrogens (tertiary/aromatic N) is 2. The molecule has 3 rings (SSSR count). The van der Waals surface area contributed by atoms with Crippen LogP contribution in [0.15, 0.2) is 53.4 Å². The maximum absolute atomic E-state index is 12.4. The van der Waals surface area contributed by atoms with Gasteiger partial charge in [0.25, 0.3) is 11.6 Å². The molecule has 1 saturated heterocycles. The molecule has 0 aliphatic carbocycles. The van der Waals surface area contributed by atoms with E-state index in [-0.39, 0.29) is 17.7 Å². The number of anilines is 1. The number of ether oxygens (including phenoxy) is 1. The van der Waals surface area contributed by atoms with E-state index >= 15 is 0 Å². The van der Waals surface area contributed by atoms with Gasteiger partial charge < -0.3 is 9.64 Å². The van der Waals surface area contributed by atoms with Crippen LogP contribution in [0.4, 0.5) is 11.4 Å². The van der Waals surface area contributed by atoms with Crippen molar-refractivity contribution >= 4 is 40.9 Å². The Morgan fingerprint density at radius 1 is 1.18 bits per heavy atom. The van der Waals surface area contributed by atoms with Gasteiger partial charge in [0.1, 0.15) is 5.69 Å². The molecule has 9 nitrogen and oxygen atoms in total. The van der Waals surface area contributed by atoms with Gasteiger partial charge in [-0.2, -0.15) is 0 Å². The van der Waals surface area contributed by atoms with Crippen LogP contribution in [0.2, 0.25) is 0 Å². The van der Waals surface area contributed by atoms with Crippen molar-refractivity contribution in [3.8, 4) is 0 Å². The van der Waals surface area contributed by atoms with Gasteiger partial charge in [0.05, 0.1) is 10.5 Å². The smallest absolute Gasteiger partial charge is 0.338 e. The molecule has 1 fully saturated rings. The number of carbonyl (C=O) groups excluding carboxylic acids is 3. The van der Waals surface area contributed by atoms with E-state index < -0.39 is 29.3 Å². The number of imide groups is 1. The molecule has 10 heteroatoms. The monoisotopic (exact) mass is 485 g/mol. The van der Waals surface area contributed by atoms with Crippen molar-refractivity contribution in [1.29, 1.82) is 0 Å². The molecule has 0 radical (unpaired) electrons. The normalized spacial score (nSPS) is 15.4. The minimum atomic E-state index is -0.871. The second-order valence-electron chi connectivity index (χ2n) is 8.11. The van der Waals surface area contributed by atoms with E-state index in [0.717, 1.165) is 17.7 Å². The van der Waals surface area contributed by atoms with Crippen LogP contribution in [0.3, 0.4) is 0 Å². The molecule has 2 aromatic carbocycles. The lowest BCUT2D eigenvalue weighted by molar-refractivity contribution is -0.384. The lowest BCUT2D eigenvalue weighted by atomic mass is 9.99. The van der Waals surface area contributed by atoms with Crippen molar-refractivity contribution in [2.45, 2.75) is 31.1 Å². The van der Waals surface area contributed by atoms with Crippen LogP contribution in [0.25, 0.3) is 0 Å². The van der Waals surface area contributed by atoms with Gasteiger partial charge in [-0.25, -0.2) is 4.79 Å². The molecule has 180 valence electrons. The fourth-order valence-electron chi connectivity index (χ4n) is 3.72. The van der Waals surface area contributed by atoms with E-state index in [2.05, 4.69) is 12.2 Å². The van der Waals surface area contributed by atoms with Gasteiger partial charge in [0.2, 0.25) is 5.91 Å². The Kier molecular flexibility index (Phi) is 9.03. The molecule has 1 aliphatic rings. The minimum Gasteiger partial charge on any atom is -0.452 e. The molecular formula is C24H27N3O6S. The first-order valence-corrected chi connectivity index (χ1v) is 12.0. The second-order valence-corrected chi connectivity index (χ2v) is 9.28. The standard InChI is InChI=1S/C24H27N3O6S/c1-17-6-5-12-26(15-17)20-10-9-18(14-21(20)27(31)32)24(30)33-16-23(29)25-22(28)11-13-34-19-7-3-2-4-8-19/h2-4,7-10,14,17H,5-6,11-13,15-16H2,1H3,(H,25,28,29). The van der Waals surface area contributed by atoms with Gasteiger partial charge >= 0.3 is 5.97 Å². The van der Waals surface area contributed by atoms with Gasteiger partial charge in [-0.3, -0.25) is 25.0 Å². The molecule has 0 saturated carbocycles. The summed E-state index contributed by atoms with van der Waals surface area (Å²) in [4.78, 5) is 50.3. The van der Waals surface area contributed by atoms with Gasteiger partial charge in [-0.1, -0.05) is 25.1 Å². The number of rotatable bonds is 9. The number of benzene rings is 2. The molecule has 1 atom stereocenters. The zero-order valence-corrected chi connectivity index (χ0v) is 19.7. The first-order valence-electron chi connectivity index (χ1n) is 11.0. The predicted molar refractivity (Wildman–Crippen MR) is 129 cm³/mol. The van der Waals surface area contributed by atoms with E-state index in [1.807, 2.05) is 35.2 Å². The van der Waals surface area contributed by atoms with E-state index in [9.17, 15) is 24.5 Å². The molecule has 1 heterocycles. The first-order chi connectivity index (χ1) is 16.3. The Morgan fingerprint density at radius 3 is 2.65 bits per heavy atom. The summed E-state index contributed by atoms with van der Waals surface area (Å²) in [6.07, 6.45) is 2.15. The van der Waals surface area contributed by atoms with Crippen LogP contribution in [-0.4, -0.2) is 48.2 Å². The number of piperidine rings is 1. The predicted octanol–water partition coefficient (Wildman–Crippen LogP) is 3.81. The Hall–Kier alpha value is -3.40. The Labute approximate surface area is 202 Å². The Morgan fingerprint density at radius 2 is 1.94 bits per heavy atom. The Balaban J connectivity index is 1.49. The van der Waals surface area contributed by atoms with Crippen LogP contribution in [0.5, 0.6) is 0 Å². The van der Waals surface area contributed by atoms with E-state index in [1.54, 1.807) is 6.07 Å². The van der Waals surface area contributed by atoms with Gasteiger partial charge in [-0.15, -0.1) is 11.8 Å². The Bertz CT molecular complexity index is 1050. The van der Waals surface area contributed by atoms with Crippen LogP contribution in [-0.2, 0) is 14.3 Å². The number of esters is 1. The number of carbonyl (C=O) groups is 3. The SMILES string of the molecule is CC1CCCN(c2ccc(C(=O)OCC(=O)NC(=O)CCSc3ccccc3)cc2[N+](=O)[O-])C1. The average molecular weight is 486 g/mol. The summed E-state index contributed by atoms with van der Waals surface area (Å²) in [6.45, 7) is 2.87. The quantitative estimate of drug-likeness (QED) is 0.246. The maximum atomic E-state index is 12.4. The van der Waals surface area contributed by atoms with Crippen molar-refractivity contribution in [3.63, 3.8) is 0 Å². The minimum absolute atomic E-state index is 0.0288. The summed E-state index contributed by atoms with van der Waals surface area (Å²) in [5, 5.41) is 13.8. The fraction of sp³-hybridized carbons (Fsp3) is 0.375. The van der Waals surface area contributed by atoms with Gasteiger partial charge in [0, 0.05) is 36.2 Å². The van der Waals surface area contributed by atoms with E-state index in [1.165, 1.54) is 23.9 Å². The average Bonchev–Trinajstić information content (AvgIpc) is 2.82. The zero-order valence-electron chi connectivity index (χ0n) is 18.9. The number of hydrogen-bond donors (Lipinski definition) is 1. The summed E-state index contributed by atoms with van der Waals surface area (Å²) in [7, 11) is 0.